The summed E-state index contributed by atoms with van der Waals surface area (Å²) in [5.74, 6) is -0.168. The molecule has 2 heterocycles. The van der Waals surface area contributed by atoms with Crippen LogP contribution >= 0.6 is 0 Å². The zero-order chi connectivity index (χ0) is 22.9. The molecule has 2 amide bonds. The highest BCUT2D eigenvalue weighted by Crippen LogP contribution is 2.27. The van der Waals surface area contributed by atoms with E-state index in [1.54, 1.807) is 36.4 Å². The minimum atomic E-state index is -0.312. The summed E-state index contributed by atoms with van der Waals surface area (Å²) in [7, 11) is 0. The number of nitrogens with zero attached hydrogens (tertiary/aromatic N) is 5. The Morgan fingerprint density at radius 3 is 2.72 bits per heavy atom. The molecule has 1 aromatic carbocycles. The molecule has 1 aromatic heterocycles. The van der Waals surface area contributed by atoms with Gasteiger partial charge in [0.2, 0.25) is 11.8 Å². The van der Waals surface area contributed by atoms with Crippen LogP contribution in [0.25, 0.3) is 0 Å². The number of fused-ring (bicyclic) bond motifs is 1. The van der Waals surface area contributed by atoms with Gasteiger partial charge in [0.05, 0.1) is 24.4 Å². The molecule has 0 saturated heterocycles. The molecule has 1 aliphatic rings. The lowest BCUT2D eigenvalue weighted by atomic mass is 10.1. The Morgan fingerprint density at radius 2 is 1.97 bits per heavy atom. The van der Waals surface area contributed by atoms with E-state index in [-0.39, 0.29) is 31.6 Å². The molecule has 2 aromatic rings. The van der Waals surface area contributed by atoms with Gasteiger partial charge in [-0.3, -0.25) is 14.5 Å². The van der Waals surface area contributed by atoms with Gasteiger partial charge in [-0.25, -0.2) is 4.98 Å². The first-order valence-corrected chi connectivity index (χ1v) is 10.5. The first kappa shape index (κ1) is 23.1. The van der Waals surface area contributed by atoms with Crippen molar-refractivity contribution in [3.05, 3.63) is 53.2 Å². The SMILES string of the molecule is CC/C=N\N=C\CN1Cc2ccccc2N(C(=O)c2ccc(OCCO)nc2C)CC1=O. The maximum atomic E-state index is 13.4. The van der Waals surface area contributed by atoms with Gasteiger partial charge in [0, 0.05) is 30.7 Å². The van der Waals surface area contributed by atoms with Crippen LogP contribution in [0.5, 0.6) is 5.88 Å². The van der Waals surface area contributed by atoms with Crippen LogP contribution in [0.2, 0.25) is 0 Å². The van der Waals surface area contributed by atoms with Crippen LogP contribution in [0.4, 0.5) is 5.69 Å². The van der Waals surface area contributed by atoms with Crippen LogP contribution in [0.1, 0.15) is 35.0 Å². The van der Waals surface area contributed by atoms with Crippen LogP contribution in [0, 0.1) is 6.92 Å². The number of benzene rings is 1. The second-order valence-electron chi connectivity index (χ2n) is 7.15. The van der Waals surface area contributed by atoms with Gasteiger partial charge >= 0.3 is 0 Å². The summed E-state index contributed by atoms with van der Waals surface area (Å²) in [5.41, 5.74) is 2.42. The number of hydrogen-bond donors (Lipinski definition) is 1. The number of carbonyl (C=O) groups excluding carboxylic acids is 2. The van der Waals surface area contributed by atoms with Crippen molar-refractivity contribution >= 4 is 29.9 Å². The number of aryl methyl sites for hydroxylation is 1. The zero-order valence-corrected chi connectivity index (χ0v) is 18.3. The molecule has 0 aliphatic carbocycles. The average molecular weight is 438 g/mol. The quantitative estimate of drug-likeness (QED) is 0.503. The second-order valence-corrected chi connectivity index (χ2v) is 7.15. The summed E-state index contributed by atoms with van der Waals surface area (Å²) in [6.45, 7) is 4.25. The van der Waals surface area contributed by atoms with E-state index in [1.165, 1.54) is 4.90 Å². The number of amides is 2. The van der Waals surface area contributed by atoms with E-state index in [9.17, 15) is 9.59 Å². The van der Waals surface area contributed by atoms with Crippen molar-refractivity contribution in [1.29, 1.82) is 0 Å². The molecule has 3 rings (SSSR count). The monoisotopic (exact) mass is 437 g/mol. The molecule has 0 fully saturated rings. The van der Waals surface area contributed by atoms with E-state index in [0.717, 1.165) is 12.0 Å². The van der Waals surface area contributed by atoms with Gasteiger partial charge in [-0.05, 0) is 31.0 Å². The van der Waals surface area contributed by atoms with E-state index in [2.05, 4.69) is 15.2 Å². The van der Waals surface area contributed by atoms with E-state index in [4.69, 9.17) is 9.84 Å². The first-order valence-electron chi connectivity index (χ1n) is 10.5. The fourth-order valence-electron chi connectivity index (χ4n) is 3.32. The molecular formula is C23H27N5O4. The number of aliphatic hydroxyl groups is 1. The number of carbonyl (C=O) groups is 2. The number of aromatic nitrogens is 1. The summed E-state index contributed by atoms with van der Waals surface area (Å²) >= 11 is 0. The maximum absolute atomic E-state index is 13.4. The van der Waals surface area contributed by atoms with Crippen LogP contribution in [0.15, 0.2) is 46.6 Å². The number of aliphatic hydroxyl groups excluding tert-OH is 1. The average Bonchev–Trinajstić information content (AvgIpc) is 2.93. The van der Waals surface area contributed by atoms with Crippen molar-refractivity contribution in [3.63, 3.8) is 0 Å². The van der Waals surface area contributed by atoms with Crippen molar-refractivity contribution < 1.29 is 19.4 Å². The molecule has 32 heavy (non-hydrogen) atoms. The molecular weight excluding hydrogens is 410 g/mol. The Kier molecular flexibility index (Phi) is 8.04. The Balaban J connectivity index is 1.86. The second kappa shape index (κ2) is 11.1. The minimum Gasteiger partial charge on any atom is -0.475 e. The molecule has 9 nitrogen and oxygen atoms in total. The van der Waals surface area contributed by atoms with Gasteiger partial charge in [0.25, 0.3) is 5.91 Å². The molecule has 0 radical (unpaired) electrons. The topological polar surface area (TPSA) is 108 Å². The van der Waals surface area contributed by atoms with Crippen LogP contribution in [-0.4, -0.2) is 65.5 Å². The third-order valence-electron chi connectivity index (χ3n) is 4.88. The molecule has 1 N–H and O–H groups in total. The highest BCUT2D eigenvalue weighted by atomic mass is 16.5. The molecule has 0 bridgehead atoms. The number of hydrogen-bond acceptors (Lipinski definition) is 7. The summed E-state index contributed by atoms with van der Waals surface area (Å²) in [6.07, 6.45) is 4.06. The Bertz CT molecular complexity index is 1020. The van der Waals surface area contributed by atoms with Gasteiger partial charge < -0.3 is 14.7 Å². The van der Waals surface area contributed by atoms with Crippen molar-refractivity contribution in [2.75, 3.05) is 31.2 Å². The molecule has 168 valence electrons. The lowest BCUT2D eigenvalue weighted by Crippen LogP contribution is -2.41. The molecule has 0 atom stereocenters. The van der Waals surface area contributed by atoms with Crippen LogP contribution in [-0.2, 0) is 11.3 Å². The predicted octanol–water partition coefficient (Wildman–Crippen LogP) is 2.22. The normalized spacial score (nSPS) is 14.2. The Morgan fingerprint density at radius 1 is 1.19 bits per heavy atom. The van der Waals surface area contributed by atoms with Crippen LogP contribution < -0.4 is 9.64 Å². The van der Waals surface area contributed by atoms with E-state index in [1.807, 2.05) is 31.2 Å². The summed E-state index contributed by atoms with van der Waals surface area (Å²) in [5, 5.41) is 16.8. The summed E-state index contributed by atoms with van der Waals surface area (Å²) < 4.78 is 5.32. The standard InChI is InChI=1S/C23H27N5O4/c1-3-10-24-25-11-12-27-15-18-6-4-5-7-20(18)28(16-22(27)30)23(31)19-8-9-21(26-17(19)2)32-14-13-29/h4-11,29H,3,12-16H2,1-2H3/b24-10-,25-11+. The Hall–Kier alpha value is -3.59. The highest BCUT2D eigenvalue weighted by Gasteiger charge is 2.30. The third kappa shape index (κ3) is 5.55. The zero-order valence-electron chi connectivity index (χ0n) is 18.3. The van der Waals surface area contributed by atoms with E-state index >= 15 is 0 Å². The van der Waals surface area contributed by atoms with Gasteiger partial charge in [-0.1, -0.05) is 25.1 Å². The predicted molar refractivity (Wildman–Crippen MR) is 122 cm³/mol. The van der Waals surface area contributed by atoms with Crippen LogP contribution in [0.3, 0.4) is 0 Å². The van der Waals surface area contributed by atoms with E-state index in [0.29, 0.717) is 35.9 Å². The van der Waals surface area contributed by atoms with E-state index < -0.39 is 0 Å². The number of ether oxygens (including phenoxy) is 1. The molecule has 0 unspecified atom stereocenters. The maximum Gasteiger partial charge on any atom is 0.260 e. The van der Waals surface area contributed by atoms with Crippen molar-refractivity contribution in [2.45, 2.75) is 26.8 Å². The lowest BCUT2D eigenvalue weighted by molar-refractivity contribution is -0.129. The smallest absolute Gasteiger partial charge is 0.260 e. The van der Waals surface area contributed by atoms with Crippen molar-refractivity contribution in [2.24, 2.45) is 10.2 Å². The number of para-hydroxylation sites is 1. The van der Waals surface area contributed by atoms with Gasteiger partial charge in [0.1, 0.15) is 13.2 Å². The van der Waals surface area contributed by atoms with Crippen molar-refractivity contribution in [3.8, 4) is 5.88 Å². The number of rotatable bonds is 8. The van der Waals surface area contributed by atoms with Gasteiger partial charge in [-0.2, -0.15) is 10.2 Å². The third-order valence-corrected chi connectivity index (χ3v) is 4.88. The van der Waals surface area contributed by atoms with Crippen molar-refractivity contribution in [1.82, 2.24) is 9.88 Å². The lowest BCUT2D eigenvalue weighted by Gasteiger charge is -2.23. The molecule has 1 aliphatic heterocycles. The molecule has 0 spiro atoms. The molecule has 9 heteroatoms. The largest absolute Gasteiger partial charge is 0.475 e. The molecule has 0 saturated carbocycles. The summed E-state index contributed by atoms with van der Waals surface area (Å²) in [6, 6.07) is 10.7. The Labute approximate surface area is 187 Å². The fourth-order valence-corrected chi connectivity index (χ4v) is 3.32. The van der Waals surface area contributed by atoms with Gasteiger partial charge in [0.15, 0.2) is 0 Å². The highest BCUT2D eigenvalue weighted by molar-refractivity contribution is 6.10. The summed E-state index contributed by atoms with van der Waals surface area (Å²) in [4.78, 5) is 33.8. The van der Waals surface area contributed by atoms with Gasteiger partial charge in [-0.15, -0.1) is 0 Å². The minimum absolute atomic E-state index is 0.0931. The number of pyridine rings is 1. The fraction of sp³-hybridized carbons (Fsp3) is 0.348. The number of anilines is 1. The first-order chi connectivity index (χ1) is 15.5.